The molecule has 1 atom stereocenters. The number of carbonyl (C=O) groups excluding carboxylic acids is 1. The highest BCUT2D eigenvalue weighted by Gasteiger charge is 2.33. The summed E-state index contributed by atoms with van der Waals surface area (Å²) in [6.07, 6.45) is 1.47. The molecule has 2 aromatic carbocycles. The number of halogens is 1. The van der Waals surface area contributed by atoms with Gasteiger partial charge in [0.25, 0.3) is 5.56 Å². The second kappa shape index (κ2) is 12.2. The molecule has 1 aromatic heterocycles. The number of aromatic nitrogens is 1. The first-order valence-corrected chi connectivity index (χ1v) is 14.3. The lowest BCUT2D eigenvalue weighted by Gasteiger charge is -2.25. The zero-order chi connectivity index (χ0) is 28.3. The Bertz CT molecular complexity index is 1590. The van der Waals surface area contributed by atoms with E-state index in [0.717, 1.165) is 11.1 Å². The number of rotatable bonds is 9. The van der Waals surface area contributed by atoms with Gasteiger partial charge in [-0.2, -0.15) is 0 Å². The second-order valence-corrected chi connectivity index (χ2v) is 10.9. The van der Waals surface area contributed by atoms with Crippen molar-refractivity contribution in [2.45, 2.75) is 46.8 Å². The van der Waals surface area contributed by atoms with Crippen molar-refractivity contribution >= 4 is 39.3 Å². The molecule has 39 heavy (non-hydrogen) atoms. The summed E-state index contributed by atoms with van der Waals surface area (Å²) in [6.45, 7) is 10.2. The molecule has 0 radical (unpaired) electrons. The standard InChI is InChI=1S/C29H31BrN2O6S/c1-7-36-20-11-9-19(10-12-20)25-24(28(34)38-16(3)4)17(5)31-29-32(25)27(33)23(39-29)15-18-13-21(30)26(35-6)22(14-18)37-8-2/h9-16,25H,7-8H2,1-6H3/b23-15+/t25-/m0/s1. The fourth-order valence-electron chi connectivity index (χ4n) is 4.37. The third kappa shape index (κ3) is 5.96. The Balaban J connectivity index is 1.91. The van der Waals surface area contributed by atoms with E-state index in [1.54, 1.807) is 38.5 Å². The van der Waals surface area contributed by atoms with Gasteiger partial charge < -0.3 is 18.9 Å². The molecule has 0 aliphatic carbocycles. The van der Waals surface area contributed by atoms with Crippen LogP contribution in [0.4, 0.5) is 0 Å². The van der Waals surface area contributed by atoms with Crippen LogP contribution in [0, 0.1) is 0 Å². The van der Waals surface area contributed by atoms with Crippen molar-refractivity contribution in [3.8, 4) is 17.2 Å². The topological polar surface area (TPSA) is 88.4 Å². The maximum atomic E-state index is 13.9. The van der Waals surface area contributed by atoms with Gasteiger partial charge in [0.1, 0.15) is 5.75 Å². The van der Waals surface area contributed by atoms with E-state index in [4.69, 9.17) is 18.9 Å². The number of thiazole rings is 1. The van der Waals surface area contributed by atoms with Gasteiger partial charge in [-0.05, 0) is 92.0 Å². The van der Waals surface area contributed by atoms with Crippen molar-refractivity contribution < 1.29 is 23.7 Å². The normalized spacial score (nSPS) is 15.2. The van der Waals surface area contributed by atoms with Crippen molar-refractivity contribution in [1.82, 2.24) is 4.57 Å². The Morgan fingerprint density at radius 3 is 2.46 bits per heavy atom. The van der Waals surface area contributed by atoms with Gasteiger partial charge in [0.15, 0.2) is 16.3 Å². The van der Waals surface area contributed by atoms with E-state index >= 15 is 0 Å². The molecule has 1 aliphatic rings. The van der Waals surface area contributed by atoms with Crippen LogP contribution in [0.2, 0.25) is 0 Å². The highest BCUT2D eigenvalue weighted by Crippen LogP contribution is 2.37. The predicted molar refractivity (Wildman–Crippen MR) is 154 cm³/mol. The molecule has 0 unspecified atom stereocenters. The Hall–Kier alpha value is -3.37. The number of hydrogen-bond acceptors (Lipinski definition) is 8. The first-order chi connectivity index (χ1) is 18.7. The smallest absolute Gasteiger partial charge is 0.338 e. The third-order valence-corrected chi connectivity index (χ3v) is 7.50. The molecule has 0 spiro atoms. The van der Waals surface area contributed by atoms with Crippen molar-refractivity contribution in [3.63, 3.8) is 0 Å². The van der Waals surface area contributed by atoms with Gasteiger partial charge in [0, 0.05) is 0 Å². The van der Waals surface area contributed by atoms with Gasteiger partial charge in [-0.3, -0.25) is 9.36 Å². The number of methoxy groups -OCH3 is 1. The molecule has 1 aliphatic heterocycles. The number of hydrogen-bond donors (Lipinski definition) is 0. The van der Waals surface area contributed by atoms with Crippen LogP contribution in [0.15, 0.2) is 61.9 Å². The van der Waals surface area contributed by atoms with E-state index in [0.29, 0.717) is 55.5 Å². The molecule has 0 bridgehead atoms. The van der Waals surface area contributed by atoms with Crippen LogP contribution in [0.5, 0.6) is 17.2 Å². The van der Waals surface area contributed by atoms with Crippen molar-refractivity contribution in [3.05, 3.63) is 83.0 Å². The maximum Gasteiger partial charge on any atom is 0.338 e. The highest BCUT2D eigenvalue weighted by molar-refractivity contribution is 9.10. The van der Waals surface area contributed by atoms with Crippen LogP contribution < -0.4 is 29.1 Å². The van der Waals surface area contributed by atoms with Gasteiger partial charge in [0.05, 0.1) is 52.7 Å². The summed E-state index contributed by atoms with van der Waals surface area (Å²) in [7, 11) is 1.57. The molecule has 2 heterocycles. The summed E-state index contributed by atoms with van der Waals surface area (Å²) in [6, 6.07) is 10.4. The Morgan fingerprint density at radius 1 is 1.15 bits per heavy atom. The SMILES string of the molecule is CCOc1ccc([C@H]2C(C(=O)OC(C)C)=C(C)N=c3s/c(=C/c4cc(Br)c(OC)c(OCC)c4)c(=O)n32)cc1. The average molecular weight is 616 g/mol. The van der Waals surface area contributed by atoms with E-state index in [1.807, 2.05) is 50.2 Å². The van der Waals surface area contributed by atoms with Crippen LogP contribution in [0.1, 0.15) is 51.8 Å². The minimum absolute atomic E-state index is 0.259. The molecule has 0 N–H and O–H groups in total. The summed E-state index contributed by atoms with van der Waals surface area (Å²) in [5.74, 6) is 1.35. The monoisotopic (exact) mass is 614 g/mol. The predicted octanol–water partition coefficient (Wildman–Crippen LogP) is 4.76. The number of allylic oxidation sites excluding steroid dienone is 1. The van der Waals surface area contributed by atoms with E-state index in [2.05, 4.69) is 20.9 Å². The molecule has 10 heteroatoms. The van der Waals surface area contributed by atoms with Crippen LogP contribution in [-0.2, 0) is 9.53 Å². The molecule has 8 nitrogen and oxygen atoms in total. The van der Waals surface area contributed by atoms with E-state index < -0.39 is 12.0 Å². The number of benzene rings is 2. The average Bonchev–Trinajstić information content (AvgIpc) is 3.17. The summed E-state index contributed by atoms with van der Waals surface area (Å²) in [4.78, 5) is 32.3. The zero-order valence-corrected chi connectivity index (χ0v) is 25.1. The summed E-state index contributed by atoms with van der Waals surface area (Å²) in [5.41, 5.74) is 2.09. The van der Waals surface area contributed by atoms with Crippen LogP contribution in [0.3, 0.4) is 0 Å². The van der Waals surface area contributed by atoms with Gasteiger partial charge >= 0.3 is 5.97 Å². The minimum Gasteiger partial charge on any atom is -0.494 e. The Labute approximate surface area is 239 Å². The van der Waals surface area contributed by atoms with Crippen molar-refractivity contribution in [1.29, 1.82) is 0 Å². The molecule has 3 aromatic rings. The maximum absolute atomic E-state index is 13.9. The number of fused-ring (bicyclic) bond motifs is 1. The minimum atomic E-state index is -0.702. The molecule has 0 amide bonds. The Kier molecular flexibility index (Phi) is 8.97. The third-order valence-electron chi connectivity index (χ3n) is 5.92. The molecule has 0 saturated carbocycles. The molecule has 4 rings (SSSR count). The lowest BCUT2D eigenvalue weighted by atomic mass is 9.96. The number of esters is 1. The zero-order valence-electron chi connectivity index (χ0n) is 22.7. The van der Waals surface area contributed by atoms with Gasteiger partial charge in [-0.1, -0.05) is 23.5 Å². The molecule has 0 saturated heterocycles. The van der Waals surface area contributed by atoms with Gasteiger partial charge in [0.2, 0.25) is 0 Å². The first-order valence-electron chi connectivity index (χ1n) is 12.6. The van der Waals surface area contributed by atoms with E-state index in [1.165, 1.54) is 11.3 Å². The quantitative estimate of drug-likeness (QED) is 0.323. The summed E-state index contributed by atoms with van der Waals surface area (Å²) < 4.78 is 25.1. The molecular formula is C29H31BrN2O6S. The lowest BCUT2D eigenvalue weighted by molar-refractivity contribution is -0.143. The summed E-state index contributed by atoms with van der Waals surface area (Å²) in [5, 5.41) is 0. The number of nitrogens with zero attached hydrogens (tertiary/aromatic N) is 2. The van der Waals surface area contributed by atoms with Crippen LogP contribution in [0.25, 0.3) is 6.08 Å². The van der Waals surface area contributed by atoms with E-state index in [-0.39, 0.29) is 11.7 Å². The number of carbonyl (C=O) groups is 1. The van der Waals surface area contributed by atoms with Crippen molar-refractivity contribution in [2.24, 2.45) is 4.99 Å². The van der Waals surface area contributed by atoms with Gasteiger partial charge in [-0.25, -0.2) is 9.79 Å². The fraction of sp³-hybridized carbons (Fsp3) is 0.345. The molecule has 0 fully saturated rings. The number of ether oxygens (including phenoxy) is 4. The summed E-state index contributed by atoms with van der Waals surface area (Å²) >= 11 is 4.80. The van der Waals surface area contributed by atoms with Gasteiger partial charge in [-0.15, -0.1) is 0 Å². The second-order valence-electron chi connectivity index (χ2n) is 9.01. The largest absolute Gasteiger partial charge is 0.494 e. The molecule has 206 valence electrons. The highest BCUT2D eigenvalue weighted by atomic mass is 79.9. The van der Waals surface area contributed by atoms with Crippen LogP contribution >= 0.6 is 27.3 Å². The van der Waals surface area contributed by atoms with E-state index in [9.17, 15) is 9.59 Å². The van der Waals surface area contributed by atoms with Crippen molar-refractivity contribution in [2.75, 3.05) is 20.3 Å². The molecular weight excluding hydrogens is 584 g/mol. The first kappa shape index (κ1) is 28.6. The Morgan fingerprint density at radius 2 is 1.85 bits per heavy atom. The lowest BCUT2D eigenvalue weighted by Crippen LogP contribution is -2.40. The van der Waals surface area contributed by atoms with Crippen LogP contribution in [-0.4, -0.2) is 37.0 Å². The fourth-order valence-corrected chi connectivity index (χ4v) is 6.04.